The number of anilines is 1. The van der Waals surface area contributed by atoms with Gasteiger partial charge in [-0.1, -0.05) is 37.6 Å². The largest absolute Gasteiger partial charge is 0.323 e. The highest BCUT2D eigenvalue weighted by atomic mass is 35.5. The van der Waals surface area contributed by atoms with Gasteiger partial charge in [-0.15, -0.1) is 0 Å². The second-order valence-electron chi connectivity index (χ2n) is 6.07. The first-order valence-corrected chi connectivity index (χ1v) is 7.86. The zero-order chi connectivity index (χ0) is 16.3. The molecule has 1 N–H and O–H groups in total. The molecule has 0 aliphatic heterocycles. The smallest absolute Gasteiger partial charge is 0.232 e. The van der Waals surface area contributed by atoms with Crippen molar-refractivity contribution in [3.05, 3.63) is 47.2 Å². The van der Waals surface area contributed by atoms with Crippen molar-refractivity contribution in [1.82, 2.24) is 9.78 Å². The van der Waals surface area contributed by atoms with Crippen LogP contribution in [0, 0.1) is 5.92 Å². The normalized spacial score (nSPS) is 12.7. The summed E-state index contributed by atoms with van der Waals surface area (Å²) in [6.45, 7) is 8.17. The summed E-state index contributed by atoms with van der Waals surface area (Å²) in [5, 5.41) is 7.87. The molecule has 0 saturated carbocycles. The van der Waals surface area contributed by atoms with E-state index in [1.807, 2.05) is 62.8 Å². The zero-order valence-electron chi connectivity index (χ0n) is 13.4. The van der Waals surface area contributed by atoms with E-state index in [4.69, 9.17) is 11.6 Å². The summed E-state index contributed by atoms with van der Waals surface area (Å²) < 4.78 is 1.82. The molecule has 1 amide bonds. The van der Waals surface area contributed by atoms with Crippen LogP contribution in [-0.4, -0.2) is 15.7 Å². The molecule has 5 heteroatoms. The van der Waals surface area contributed by atoms with E-state index in [9.17, 15) is 4.79 Å². The summed E-state index contributed by atoms with van der Waals surface area (Å²) in [7, 11) is 0. The number of nitrogens with zero attached hydrogens (tertiary/aromatic N) is 2. The van der Waals surface area contributed by atoms with E-state index < -0.39 is 0 Å². The van der Waals surface area contributed by atoms with E-state index in [1.165, 1.54) is 0 Å². The van der Waals surface area contributed by atoms with Gasteiger partial charge in [0, 0.05) is 17.3 Å². The first-order valence-electron chi connectivity index (χ1n) is 7.49. The second-order valence-corrected chi connectivity index (χ2v) is 6.50. The molecule has 4 nitrogen and oxygen atoms in total. The molecule has 0 radical (unpaired) electrons. The Balaban J connectivity index is 2.17. The number of nitrogens with one attached hydrogen (secondary N) is 1. The number of benzene rings is 1. The molecule has 1 aromatic carbocycles. The lowest BCUT2D eigenvalue weighted by atomic mass is 9.87. The van der Waals surface area contributed by atoms with Crippen LogP contribution in [0.4, 0.5) is 5.69 Å². The summed E-state index contributed by atoms with van der Waals surface area (Å²) in [6, 6.07) is 7.71. The summed E-state index contributed by atoms with van der Waals surface area (Å²) in [6.07, 6.45) is 3.53. The molecule has 1 unspecified atom stereocenters. The van der Waals surface area contributed by atoms with Crippen LogP contribution < -0.4 is 5.32 Å². The molecule has 0 aliphatic carbocycles. The van der Waals surface area contributed by atoms with Gasteiger partial charge in [0.15, 0.2) is 0 Å². The maximum absolute atomic E-state index is 12.6. The third kappa shape index (κ3) is 3.89. The minimum Gasteiger partial charge on any atom is -0.323 e. The predicted octanol–water partition coefficient (Wildman–Crippen LogP) is 4.50. The van der Waals surface area contributed by atoms with E-state index in [2.05, 4.69) is 10.4 Å². The maximum Gasteiger partial charge on any atom is 0.232 e. The summed E-state index contributed by atoms with van der Waals surface area (Å²) in [5.74, 6) is -0.0679. The van der Waals surface area contributed by atoms with Crippen LogP contribution in [0.2, 0.25) is 5.02 Å². The van der Waals surface area contributed by atoms with Crippen molar-refractivity contribution >= 4 is 23.2 Å². The van der Waals surface area contributed by atoms with Crippen LogP contribution in [0.5, 0.6) is 0 Å². The summed E-state index contributed by atoms with van der Waals surface area (Å²) >= 11 is 5.93. The van der Waals surface area contributed by atoms with Crippen LogP contribution in [0.25, 0.3) is 0 Å². The van der Waals surface area contributed by atoms with Crippen molar-refractivity contribution in [3.63, 3.8) is 0 Å². The lowest BCUT2D eigenvalue weighted by Gasteiger charge is -2.20. The first-order chi connectivity index (χ1) is 10.4. The summed E-state index contributed by atoms with van der Waals surface area (Å²) in [4.78, 5) is 12.6. The Bertz CT molecular complexity index is 632. The predicted molar refractivity (Wildman–Crippen MR) is 90.3 cm³/mol. The van der Waals surface area contributed by atoms with Crippen molar-refractivity contribution < 1.29 is 4.79 Å². The van der Waals surface area contributed by atoms with E-state index in [-0.39, 0.29) is 23.8 Å². The topological polar surface area (TPSA) is 46.9 Å². The Labute approximate surface area is 136 Å². The number of aromatic nitrogens is 2. The Morgan fingerprint density at radius 2 is 1.82 bits per heavy atom. The molecule has 0 aliphatic rings. The van der Waals surface area contributed by atoms with Gasteiger partial charge in [0.05, 0.1) is 17.8 Å². The summed E-state index contributed by atoms with van der Waals surface area (Å²) in [5.41, 5.74) is 1.69. The van der Waals surface area contributed by atoms with E-state index >= 15 is 0 Å². The average Bonchev–Trinajstić information content (AvgIpc) is 2.89. The van der Waals surface area contributed by atoms with E-state index in [0.29, 0.717) is 5.02 Å². The second kappa shape index (κ2) is 6.97. The fraction of sp³-hybridized carbons (Fsp3) is 0.412. The zero-order valence-corrected chi connectivity index (χ0v) is 14.1. The lowest BCUT2D eigenvalue weighted by Crippen LogP contribution is -2.25. The molecule has 0 spiro atoms. The first kappa shape index (κ1) is 16.6. The van der Waals surface area contributed by atoms with Gasteiger partial charge in [-0.3, -0.25) is 9.48 Å². The Hall–Kier alpha value is -1.81. The van der Waals surface area contributed by atoms with Gasteiger partial charge in [0.1, 0.15) is 0 Å². The monoisotopic (exact) mass is 319 g/mol. The Morgan fingerprint density at radius 1 is 1.18 bits per heavy atom. The lowest BCUT2D eigenvalue weighted by molar-refractivity contribution is -0.118. The SMILES string of the molecule is CC(C)C(C(=O)Nc1cnn(C(C)C)c1)c1ccc(Cl)cc1. The van der Waals surface area contributed by atoms with Crippen molar-refractivity contribution in [2.24, 2.45) is 5.92 Å². The molecule has 1 aromatic heterocycles. The van der Waals surface area contributed by atoms with Crippen LogP contribution in [0.3, 0.4) is 0 Å². The third-order valence-electron chi connectivity index (χ3n) is 3.58. The maximum atomic E-state index is 12.6. The highest BCUT2D eigenvalue weighted by molar-refractivity contribution is 6.30. The van der Waals surface area contributed by atoms with Crippen LogP contribution in [-0.2, 0) is 4.79 Å². The molecule has 0 bridgehead atoms. The van der Waals surface area contributed by atoms with Gasteiger partial charge < -0.3 is 5.32 Å². The molecular weight excluding hydrogens is 298 g/mol. The number of hydrogen-bond acceptors (Lipinski definition) is 2. The van der Waals surface area contributed by atoms with Gasteiger partial charge in [-0.2, -0.15) is 5.10 Å². The highest BCUT2D eigenvalue weighted by Crippen LogP contribution is 2.27. The molecular formula is C17H22ClN3O. The van der Waals surface area contributed by atoms with E-state index in [1.54, 1.807) is 6.20 Å². The average molecular weight is 320 g/mol. The van der Waals surface area contributed by atoms with Crippen molar-refractivity contribution in [2.45, 2.75) is 39.7 Å². The van der Waals surface area contributed by atoms with Crippen LogP contribution >= 0.6 is 11.6 Å². The molecule has 2 rings (SSSR count). The fourth-order valence-corrected chi connectivity index (χ4v) is 2.54. The molecule has 0 saturated heterocycles. The van der Waals surface area contributed by atoms with Gasteiger partial charge in [-0.05, 0) is 37.5 Å². The van der Waals surface area contributed by atoms with Gasteiger partial charge in [0.2, 0.25) is 5.91 Å². The number of carbonyl (C=O) groups excluding carboxylic acids is 1. The minimum absolute atomic E-state index is 0.0272. The number of halogens is 1. The molecule has 22 heavy (non-hydrogen) atoms. The molecule has 1 heterocycles. The molecule has 0 fully saturated rings. The van der Waals surface area contributed by atoms with Gasteiger partial charge >= 0.3 is 0 Å². The van der Waals surface area contributed by atoms with Gasteiger partial charge in [-0.25, -0.2) is 0 Å². The van der Waals surface area contributed by atoms with Crippen molar-refractivity contribution in [2.75, 3.05) is 5.32 Å². The van der Waals surface area contributed by atoms with E-state index in [0.717, 1.165) is 11.3 Å². The molecule has 118 valence electrons. The Kier molecular flexibility index (Phi) is 5.24. The Morgan fingerprint density at radius 3 is 2.32 bits per heavy atom. The highest BCUT2D eigenvalue weighted by Gasteiger charge is 2.24. The van der Waals surface area contributed by atoms with Crippen LogP contribution in [0.15, 0.2) is 36.7 Å². The van der Waals surface area contributed by atoms with Crippen molar-refractivity contribution in [1.29, 1.82) is 0 Å². The number of rotatable bonds is 5. The number of carbonyl (C=O) groups is 1. The standard InChI is InChI=1S/C17H22ClN3O/c1-11(2)16(13-5-7-14(18)8-6-13)17(22)20-15-9-19-21(10-15)12(3)4/h5-12,16H,1-4H3,(H,20,22). The number of hydrogen-bond donors (Lipinski definition) is 1. The quantitative estimate of drug-likeness (QED) is 0.882. The minimum atomic E-state index is -0.223. The number of amides is 1. The fourth-order valence-electron chi connectivity index (χ4n) is 2.41. The van der Waals surface area contributed by atoms with Crippen LogP contribution in [0.1, 0.15) is 45.2 Å². The van der Waals surface area contributed by atoms with Crippen molar-refractivity contribution in [3.8, 4) is 0 Å². The third-order valence-corrected chi connectivity index (χ3v) is 3.83. The van der Waals surface area contributed by atoms with Gasteiger partial charge in [0.25, 0.3) is 0 Å². The molecule has 2 aromatic rings. The molecule has 1 atom stereocenters.